The highest BCUT2D eigenvalue weighted by molar-refractivity contribution is 5.80. The number of methoxy groups -OCH3 is 1. The van der Waals surface area contributed by atoms with Gasteiger partial charge >= 0.3 is 0 Å². The first-order valence-corrected chi connectivity index (χ1v) is 7.84. The van der Waals surface area contributed by atoms with Crippen molar-refractivity contribution in [2.24, 2.45) is 5.92 Å². The van der Waals surface area contributed by atoms with Gasteiger partial charge in [-0.1, -0.05) is 12.1 Å². The Hall–Kier alpha value is -1.55. The molecule has 2 heterocycles. The van der Waals surface area contributed by atoms with Gasteiger partial charge in [0.2, 0.25) is 5.91 Å². The fraction of sp³-hybridized carbons (Fsp3) is 0.588. The van der Waals surface area contributed by atoms with Crippen LogP contribution in [0.4, 0.5) is 0 Å². The van der Waals surface area contributed by atoms with E-state index < -0.39 is 0 Å². The molecule has 0 radical (unpaired) electrons. The second-order valence-electron chi connectivity index (χ2n) is 6.24. The molecule has 2 aliphatic rings. The molecule has 0 saturated carbocycles. The highest BCUT2D eigenvalue weighted by Crippen LogP contribution is 2.33. The number of benzene rings is 1. The largest absolute Gasteiger partial charge is 0.497 e. The van der Waals surface area contributed by atoms with Gasteiger partial charge in [0.05, 0.1) is 13.0 Å². The van der Waals surface area contributed by atoms with Gasteiger partial charge in [-0.2, -0.15) is 0 Å². The van der Waals surface area contributed by atoms with Crippen LogP contribution in [0.2, 0.25) is 0 Å². The van der Waals surface area contributed by atoms with Crippen molar-refractivity contribution in [2.45, 2.75) is 31.7 Å². The maximum atomic E-state index is 12.6. The summed E-state index contributed by atoms with van der Waals surface area (Å²) in [4.78, 5) is 14.7. The Morgan fingerprint density at radius 1 is 1.33 bits per heavy atom. The van der Waals surface area contributed by atoms with Crippen molar-refractivity contribution in [3.63, 3.8) is 0 Å². The van der Waals surface area contributed by atoms with Gasteiger partial charge in [-0.3, -0.25) is 4.79 Å². The van der Waals surface area contributed by atoms with Gasteiger partial charge in [0.25, 0.3) is 0 Å². The molecule has 2 fully saturated rings. The summed E-state index contributed by atoms with van der Waals surface area (Å²) in [6.07, 6.45) is 2.04. The molecule has 2 saturated heterocycles. The van der Waals surface area contributed by atoms with Crippen LogP contribution in [0.3, 0.4) is 0 Å². The SMILES string of the molecule is COc1ccc([C@@H]2C[C@H](C)N(C(=O)[C@H]3CCNC3)C2)cc1. The molecule has 114 valence electrons. The second kappa shape index (κ2) is 6.06. The van der Waals surface area contributed by atoms with Crippen LogP contribution in [-0.2, 0) is 4.79 Å². The third kappa shape index (κ3) is 2.91. The van der Waals surface area contributed by atoms with E-state index in [-0.39, 0.29) is 5.92 Å². The average molecular weight is 288 g/mol. The van der Waals surface area contributed by atoms with Gasteiger partial charge in [-0.15, -0.1) is 0 Å². The Kier molecular flexibility index (Phi) is 4.15. The quantitative estimate of drug-likeness (QED) is 0.925. The Labute approximate surface area is 126 Å². The van der Waals surface area contributed by atoms with Crippen LogP contribution < -0.4 is 10.1 Å². The van der Waals surface area contributed by atoms with Gasteiger partial charge in [0, 0.05) is 25.0 Å². The number of likely N-dealkylation sites (tertiary alicyclic amines) is 1. The van der Waals surface area contributed by atoms with Gasteiger partial charge in [0.1, 0.15) is 5.75 Å². The average Bonchev–Trinajstić information content (AvgIpc) is 3.16. The van der Waals surface area contributed by atoms with E-state index in [1.807, 2.05) is 12.1 Å². The monoisotopic (exact) mass is 288 g/mol. The van der Waals surface area contributed by atoms with E-state index in [9.17, 15) is 4.79 Å². The lowest BCUT2D eigenvalue weighted by Crippen LogP contribution is -2.39. The van der Waals surface area contributed by atoms with E-state index in [1.54, 1.807) is 7.11 Å². The molecule has 4 nitrogen and oxygen atoms in total. The van der Waals surface area contributed by atoms with Crippen molar-refractivity contribution in [1.82, 2.24) is 10.2 Å². The van der Waals surface area contributed by atoms with Crippen LogP contribution in [0.15, 0.2) is 24.3 Å². The minimum Gasteiger partial charge on any atom is -0.497 e. The van der Waals surface area contributed by atoms with Crippen LogP contribution in [0.25, 0.3) is 0 Å². The molecule has 1 amide bonds. The third-order valence-electron chi connectivity index (χ3n) is 4.85. The lowest BCUT2D eigenvalue weighted by Gasteiger charge is -2.24. The zero-order chi connectivity index (χ0) is 14.8. The maximum absolute atomic E-state index is 12.6. The first-order chi connectivity index (χ1) is 10.2. The van der Waals surface area contributed by atoms with Crippen molar-refractivity contribution < 1.29 is 9.53 Å². The number of nitrogens with zero attached hydrogens (tertiary/aromatic N) is 1. The molecular formula is C17H24N2O2. The summed E-state index contributed by atoms with van der Waals surface area (Å²) in [5, 5.41) is 3.29. The normalized spacial score (nSPS) is 28.9. The first-order valence-electron chi connectivity index (χ1n) is 7.84. The molecule has 21 heavy (non-hydrogen) atoms. The topological polar surface area (TPSA) is 41.6 Å². The van der Waals surface area contributed by atoms with E-state index >= 15 is 0 Å². The van der Waals surface area contributed by atoms with E-state index in [4.69, 9.17) is 4.74 Å². The molecule has 1 aromatic rings. The Morgan fingerprint density at radius 3 is 2.71 bits per heavy atom. The van der Waals surface area contributed by atoms with Crippen LogP contribution in [-0.4, -0.2) is 43.6 Å². The van der Waals surface area contributed by atoms with E-state index in [1.165, 1.54) is 5.56 Å². The number of carbonyl (C=O) groups excluding carboxylic acids is 1. The molecule has 0 aliphatic carbocycles. The van der Waals surface area contributed by atoms with Crippen LogP contribution in [0, 0.1) is 5.92 Å². The molecule has 3 atom stereocenters. The summed E-state index contributed by atoms with van der Waals surface area (Å²) >= 11 is 0. The van der Waals surface area contributed by atoms with E-state index in [0.29, 0.717) is 17.9 Å². The summed E-state index contributed by atoms with van der Waals surface area (Å²) in [5.41, 5.74) is 1.31. The molecule has 3 rings (SSSR count). The van der Waals surface area contributed by atoms with Gasteiger partial charge in [0.15, 0.2) is 0 Å². The number of hydrogen-bond donors (Lipinski definition) is 1. The van der Waals surface area contributed by atoms with E-state index in [0.717, 1.165) is 38.2 Å². The molecular weight excluding hydrogens is 264 g/mol. The zero-order valence-electron chi connectivity index (χ0n) is 12.8. The highest BCUT2D eigenvalue weighted by Gasteiger charge is 2.36. The summed E-state index contributed by atoms with van der Waals surface area (Å²) in [7, 11) is 1.68. The third-order valence-corrected chi connectivity index (χ3v) is 4.85. The lowest BCUT2D eigenvalue weighted by molar-refractivity contribution is -0.135. The molecule has 0 aromatic heterocycles. The molecule has 1 N–H and O–H groups in total. The fourth-order valence-electron chi connectivity index (χ4n) is 3.56. The van der Waals surface area contributed by atoms with Crippen molar-refractivity contribution in [3.05, 3.63) is 29.8 Å². The molecule has 4 heteroatoms. The summed E-state index contributed by atoms with van der Waals surface area (Å²) < 4.78 is 5.21. The molecule has 2 aliphatic heterocycles. The van der Waals surface area contributed by atoms with Crippen LogP contribution >= 0.6 is 0 Å². The summed E-state index contributed by atoms with van der Waals surface area (Å²) in [6.45, 7) is 4.84. The van der Waals surface area contributed by atoms with Crippen LogP contribution in [0.5, 0.6) is 5.75 Å². The minimum atomic E-state index is 0.182. The number of rotatable bonds is 3. The second-order valence-corrected chi connectivity index (χ2v) is 6.24. The van der Waals surface area contributed by atoms with Gasteiger partial charge < -0.3 is 15.0 Å². The molecule has 0 spiro atoms. The van der Waals surface area contributed by atoms with Crippen molar-refractivity contribution in [1.29, 1.82) is 0 Å². The molecule has 0 bridgehead atoms. The van der Waals surface area contributed by atoms with Gasteiger partial charge in [-0.05, 0) is 44.0 Å². The predicted octanol–water partition coefficient (Wildman–Crippen LogP) is 2.01. The van der Waals surface area contributed by atoms with Gasteiger partial charge in [-0.25, -0.2) is 0 Å². The summed E-state index contributed by atoms with van der Waals surface area (Å²) in [5.74, 6) is 1.85. The Balaban J connectivity index is 1.68. The standard InChI is InChI=1S/C17H24N2O2/c1-12-9-15(13-3-5-16(21-2)6-4-13)11-19(12)17(20)14-7-8-18-10-14/h3-6,12,14-15,18H,7-11H2,1-2H3/t12-,14-,15+/m0/s1. The number of amides is 1. The first kappa shape index (κ1) is 14.4. The van der Waals surface area contributed by atoms with E-state index in [2.05, 4.69) is 29.3 Å². The summed E-state index contributed by atoms with van der Waals surface area (Å²) in [6, 6.07) is 8.60. The number of hydrogen-bond acceptors (Lipinski definition) is 3. The Morgan fingerprint density at radius 2 is 2.10 bits per heavy atom. The molecule has 0 unspecified atom stereocenters. The number of ether oxygens (including phenoxy) is 1. The maximum Gasteiger partial charge on any atom is 0.227 e. The zero-order valence-corrected chi connectivity index (χ0v) is 12.8. The van der Waals surface area contributed by atoms with Crippen molar-refractivity contribution >= 4 is 5.91 Å². The Bertz CT molecular complexity index is 494. The number of carbonyl (C=O) groups is 1. The fourth-order valence-corrected chi connectivity index (χ4v) is 3.56. The number of nitrogens with one attached hydrogen (secondary N) is 1. The predicted molar refractivity (Wildman–Crippen MR) is 82.5 cm³/mol. The van der Waals surface area contributed by atoms with Crippen molar-refractivity contribution in [2.75, 3.05) is 26.7 Å². The molecule has 1 aromatic carbocycles. The minimum absolute atomic E-state index is 0.182. The smallest absolute Gasteiger partial charge is 0.227 e. The van der Waals surface area contributed by atoms with Crippen molar-refractivity contribution in [3.8, 4) is 5.75 Å². The lowest BCUT2D eigenvalue weighted by atomic mass is 9.97. The highest BCUT2D eigenvalue weighted by atomic mass is 16.5. The van der Waals surface area contributed by atoms with Crippen LogP contribution in [0.1, 0.15) is 31.2 Å².